The highest BCUT2D eigenvalue weighted by molar-refractivity contribution is 7.15. The maximum absolute atomic E-state index is 14.4. The predicted octanol–water partition coefficient (Wildman–Crippen LogP) is 4.41. The van der Waals surface area contributed by atoms with E-state index in [-0.39, 0.29) is 23.9 Å². The zero-order chi connectivity index (χ0) is 26.3. The fraction of sp³-hybridized carbons (Fsp3) is 0.621. The van der Waals surface area contributed by atoms with Crippen molar-refractivity contribution < 1.29 is 9.59 Å². The Balaban J connectivity index is 1.39. The molecule has 3 heterocycles. The zero-order valence-corrected chi connectivity index (χ0v) is 23.6. The molecule has 2 aliphatic heterocycles. The fourth-order valence-electron chi connectivity index (χ4n) is 6.08. The molecule has 2 amide bonds. The normalized spacial score (nSPS) is 23.9. The van der Waals surface area contributed by atoms with Crippen LogP contribution < -0.4 is 5.32 Å². The first-order valence-electron chi connectivity index (χ1n) is 13.8. The van der Waals surface area contributed by atoms with E-state index in [1.54, 1.807) is 11.3 Å². The van der Waals surface area contributed by atoms with E-state index in [0.29, 0.717) is 22.9 Å². The second kappa shape index (κ2) is 10.8. The van der Waals surface area contributed by atoms with E-state index < -0.39 is 6.04 Å². The second-order valence-corrected chi connectivity index (χ2v) is 13.1. The van der Waals surface area contributed by atoms with E-state index in [0.717, 1.165) is 56.7 Å². The molecule has 1 saturated carbocycles. The number of anilines is 1. The van der Waals surface area contributed by atoms with Gasteiger partial charge in [0.25, 0.3) is 0 Å². The number of rotatable bonds is 9. The number of likely N-dealkylation sites (N-methyl/N-ethyl adjacent to an activating group) is 1. The highest BCUT2D eigenvalue weighted by atomic mass is 32.1. The van der Waals surface area contributed by atoms with Gasteiger partial charge in [0.15, 0.2) is 5.13 Å². The Morgan fingerprint density at radius 1 is 1.11 bits per heavy atom. The largest absolute Gasteiger partial charge is 0.326 e. The quantitative estimate of drug-likeness (QED) is 0.527. The van der Waals surface area contributed by atoms with E-state index in [9.17, 15) is 9.59 Å². The first-order valence-corrected chi connectivity index (χ1v) is 14.6. The van der Waals surface area contributed by atoms with Crippen molar-refractivity contribution in [1.82, 2.24) is 19.7 Å². The van der Waals surface area contributed by atoms with Crippen LogP contribution >= 0.6 is 11.3 Å². The third-order valence-corrected chi connectivity index (χ3v) is 8.73. The molecule has 1 unspecified atom stereocenters. The molecule has 1 aliphatic carbocycles. The lowest BCUT2D eigenvalue weighted by Crippen LogP contribution is -2.51. The first kappa shape index (κ1) is 26.3. The number of hydrogen-bond donors (Lipinski definition) is 1. The summed E-state index contributed by atoms with van der Waals surface area (Å²) < 4.78 is 0. The number of likely N-dealkylation sites (tertiary alicyclic amines) is 1. The van der Waals surface area contributed by atoms with Crippen molar-refractivity contribution in [2.45, 2.75) is 71.6 Å². The Morgan fingerprint density at radius 2 is 1.81 bits per heavy atom. The van der Waals surface area contributed by atoms with Gasteiger partial charge in [-0.1, -0.05) is 58.0 Å². The minimum Gasteiger partial charge on any atom is -0.326 e. The molecular weight excluding hydrogens is 482 g/mol. The molecule has 0 radical (unpaired) electrons. The van der Waals surface area contributed by atoms with Gasteiger partial charge in [-0.25, -0.2) is 4.98 Å². The first-order chi connectivity index (χ1) is 17.7. The summed E-state index contributed by atoms with van der Waals surface area (Å²) in [6, 6.07) is 9.48. The molecule has 1 saturated heterocycles. The number of carbonyl (C=O) groups excluding carboxylic acids is 2. The number of aromatic nitrogens is 1. The summed E-state index contributed by atoms with van der Waals surface area (Å²) in [4.78, 5) is 40.5. The molecule has 0 bridgehead atoms. The molecule has 2 fully saturated rings. The van der Waals surface area contributed by atoms with Crippen LogP contribution in [0.5, 0.6) is 0 Å². The molecule has 1 aromatic carbocycles. The van der Waals surface area contributed by atoms with Gasteiger partial charge in [-0.3, -0.25) is 14.5 Å². The number of thiazole rings is 1. The summed E-state index contributed by atoms with van der Waals surface area (Å²) in [5.41, 5.74) is 2.11. The van der Waals surface area contributed by atoms with Crippen LogP contribution in [-0.4, -0.2) is 70.3 Å². The monoisotopic (exact) mass is 523 g/mol. The topological polar surface area (TPSA) is 68.8 Å². The van der Waals surface area contributed by atoms with Crippen molar-refractivity contribution in [3.8, 4) is 0 Å². The third-order valence-electron chi connectivity index (χ3n) is 7.73. The second-order valence-electron chi connectivity index (χ2n) is 12.0. The van der Waals surface area contributed by atoms with Crippen LogP contribution in [-0.2, 0) is 22.6 Å². The minimum atomic E-state index is -0.439. The number of amides is 2. The molecule has 1 N–H and O–H groups in total. The molecule has 5 rings (SSSR count). The lowest BCUT2D eigenvalue weighted by Gasteiger charge is -2.38. The van der Waals surface area contributed by atoms with E-state index in [4.69, 9.17) is 4.98 Å². The average Bonchev–Trinajstić information content (AvgIpc) is 3.31. The van der Waals surface area contributed by atoms with Gasteiger partial charge in [0.2, 0.25) is 11.8 Å². The van der Waals surface area contributed by atoms with Crippen LogP contribution in [0.4, 0.5) is 5.13 Å². The third kappa shape index (κ3) is 5.76. The van der Waals surface area contributed by atoms with Crippen LogP contribution in [0, 0.1) is 17.8 Å². The Kier molecular flexibility index (Phi) is 7.70. The van der Waals surface area contributed by atoms with Crippen molar-refractivity contribution in [2.75, 3.05) is 32.0 Å². The van der Waals surface area contributed by atoms with Crippen molar-refractivity contribution in [3.05, 3.63) is 46.5 Å². The molecule has 2 aromatic rings. The van der Waals surface area contributed by atoms with Gasteiger partial charge in [0.1, 0.15) is 12.1 Å². The van der Waals surface area contributed by atoms with Crippen LogP contribution in [0.3, 0.4) is 0 Å². The molecule has 8 heteroatoms. The number of hydrogen-bond acceptors (Lipinski definition) is 6. The molecule has 37 heavy (non-hydrogen) atoms. The molecule has 1 aromatic heterocycles. The molecule has 4 atom stereocenters. The van der Waals surface area contributed by atoms with E-state index in [1.807, 2.05) is 23.1 Å². The van der Waals surface area contributed by atoms with Crippen molar-refractivity contribution >= 4 is 28.3 Å². The molecular formula is C29H41N5O2S. The maximum atomic E-state index is 14.4. The van der Waals surface area contributed by atoms with E-state index in [2.05, 4.69) is 62.0 Å². The predicted molar refractivity (Wildman–Crippen MR) is 148 cm³/mol. The number of benzene rings is 1. The van der Waals surface area contributed by atoms with Gasteiger partial charge < -0.3 is 15.1 Å². The van der Waals surface area contributed by atoms with Crippen molar-refractivity contribution in [2.24, 2.45) is 17.8 Å². The zero-order valence-electron chi connectivity index (χ0n) is 22.8. The summed E-state index contributed by atoms with van der Waals surface area (Å²) in [7, 11) is 2.11. The lowest BCUT2D eigenvalue weighted by molar-refractivity contribution is -0.143. The summed E-state index contributed by atoms with van der Waals surface area (Å²) in [5, 5.41) is 3.76. The summed E-state index contributed by atoms with van der Waals surface area (Å²) >= 11 is 1.57. The number of piperidine rings is 1. The van der Waals surface area contributed by atoms with Gasteiger partial charge in [-0.2, -0.15) is 0 Å². The Bertz CT molecular complexity index is 1110. The van der Waals surface area contributed by atoms with Gasteiger partial charge in [0, 0.05) is 43.5 Å². The molecule has 7 nitrogen and oxygen atoms in total. The smallest absolute Gasteiger partial charge is 0.248 e. The Morgan fingerprint density at radius 3 is 2.49 bits per heavy atom. The van der Waals surface area contributed by atoms with Crippen LogP contribution in [0.1, 0.15) is 62.7 Å². The van der Waals surface area contributed by atoms with Crippen molar-refractivity contribution in [3.63, 3.8) is 0 Å². The highest BCUT2D eigenvalue weighted by Gasteiger charge is 2.57. The lowest BCUT2D eigenvalue weighted by atomic mass is 9.99. The van der Waals surface area contributed by atoms with E-state index in [1.165, 1.54) is 4.88 Å². The number of nitrogens with zero attached hydrogens (tertiary/aromatic N) is 4. The Hall–Kier alpha value is -2.29. The highest BCUT2D eigenvalue weighted by Crippen LogP contribution is 2.49. The summed E-state index contributed by atoms with van der Waals surface area (Å²) in [6.07, 6.45) is 2.66. The van der Waals surface area contributed by atoms with Crippen LogP contribution in [0.25, 0.3) is 0 Å². The average molecular weight is 524 g/mol. The maximum Gasteiger partial charge on any atom is 0.248 e. The summed E-state index contributed by atoms with van der Waals surface area (Å²) in [5.74, 6) is 1.26. The summed E-state index contributed by atoms with van der Waals surface area (Å²) in [6.45, 7) is 12.3. The van der Waals surface area contributed by atoms with Crippen LogP contribution in [0.2, 0.25) is 0 Å². The van der Waals surface area contributed by atoms with Gasteiger partial charge >= 0.3 is 0 Å². The molecule has 0 spiro atoms. The van der Waals surface area contributed by atoms with Crippen molar-refractivity contribution in [1.29, 1.82) is 0 Å². The Labute approximate surface area is 225 Å². The van der Waals surface area contributed by atoms with Gasteiger partial charge in [-0.15, -0.1) is 11.3 Å². The van der Waals surface area contributed by atoms with Gasteiger partial charge in [0.05, 0.1) is 5.69 Å². The molecule has 200 valence electrons. The minimum absolute atomic E-state index is 0.0673. The standard InChI is InChI=1S/C29H41N5O2S/c1-18(2)15-33(16-19(3)4)26(20-9-7-6-8-10-20)28(36)34-23-13-21(23)14-24(34)27(35)31-29-30-22-11-12-32(5)17-25(22)37-29/h6-10,18-19,21,23-24,26H,11-17H2,1-5H3,(H,30,31,35)/t21-,23-,24-,26?/m1/s1. The van der Waals surface area contributed by atoms with E-state index >= 15 is 0 Å². The molecule has 3 aliphatic rings. The number of nitrogens with one attached hydrogen (secondary N) is 1. The fourth-order valence-corrected chi connectivity index (χ4v) is 7.17. The SMILES string of the molecule is CC(C)CN(CC(C)C)C(C(=O)N1[C@@H](C(=O)Nc2nc3c(s2)CN(C)CC3)C[C@H]2C[C@H]21)c1ccccc1. The van der Waals surface area contributed by atoms with Crippen LogP contribution in [0.15, 0.2) is 30.3 Å². The number of carbonyl (C=O) groups is 2. The number of fused-ring (bicyclic) bond motifs is 2. The van der Waals surface area contributed by atoms with Gasteiger partial charge in [-0.05, 0) is 43.2 Å².